The SMILES string of the molecule is CCCCNc1ncnc2c1ncn2C1O[C@@H]2COP(=O)(O)O[C@H]2[C@H]1OCCCC. The number of hydrogen-bond acceptors (Lipinski definition) is 9. The number of imidazole rings is 1. The van der Waals surface area contributed by atoms with Crippen molar-refractivity contribution in [1.29, 1.82) is 0 Å². The molecule has 12 heteroatoms. The number of unbranched alkanes of at least 4 members (excludes halogenated alkanes) is 2. The van der Waals surface area contributed by atoms with Crippen molar-refractivity contribution in [2.75, 3.05) is 25.1 Å². The van der Waals surface area contributed by atoms with E-state index in [1.165, 1.54) is 6.33 Å². The maximum absolute atomic E-state index is 12.0. The first kappa shape index (κ1) is 21.6. The first-order chi connectivity index (χ1) is 14.5. The standard InChI is InChI=1S/C18H28N5O6P/c1-3-5-7-19-16-13-17(21-10-20-16)23(11-22-13)18-15(26-8-6-4-2)14-12(28-18)9-27-30(24,25)29-14/h10-12,14-15,18H,3-9H2,1-2H3,(H,24,25)(H,19,20,21)/t12-,14-,15-,18?/m1/s1. The van der Waals surface area contributed by atoms with Crippen molar-refractivity contribution in [2.45, 2.75) is 64.1 Å². The van der Waals surface area contributed by atoms with Gasteiger partial charge in [0.25, 0.3) is 0 Å². The summed E-state index contributed by atoms with van der Waals surface area (Å²) in [5, 5.41) is 3.29. The number of fused-ring (bicyclic) bond motifs is 2. The lowest BCUT2D eigenvalue weighted by Gasteiger charge is -2.29. The van der Waals surface area contributed by atoms with Gasteiger partial charge in [-0.15, -0.1) is 0 Å². The third kappa shape index (κ3) is 4.37. The molecule has 2 aliphatic rings. The molecule has 0 aromatic carbocycles. The molecule has 0 amide bonds. The number of ether oxygens (including phenoxy) is 2. The molecule has 30 heavy (non-hydrogen) atoms. The lowest BCUT2D eigenvalue weighted by molar-refractivity contribution is -0.0684. The van der Waals surface area contributed by atoms with E-state index in [-0.39, 0.29) is 6.61 Å². The number of nitrogens with one attached hydrogen (secondary N) is 1. The van der Waals surface area contributed by atoms with E-state index in [0.29, 0.717) is 23.6 Å². The Morgan fingerprint density at radius 2 is 2.13 bits per heavy atom. The molecule has 2 aromatic rings. The lowest BCUT2D eigenvalue weighted by Crippen LogP contribution is -2.40. The molecule has 2 N–H and O–H groups in total. The predicted octanol–water partition coefficient (Wildman–Crippen LogP) is 2.64. The van der Waals surface area contributed by atoms with E-state index in [1.54, 1.807) is 10.9 Å². The van der Waals surface area contributed by atoms with Crippen LogP contribution in [-0.4, -0.2) is 62.5 Å². The summed E-state index contributed by atoms with van der Waals surface area (Å²) in [6.45, 7) is 5.41. The van der Waals surface area contributed by atoms with Gasteiger partial charge in [0.2, 0.25) is 0 Å². The zero-order chi connectivity index (χ0) is 21.1. The van der Waals surface area contributed by atoms with Crippen LogP contribution in [0, 0.1) is 0 Å². The number of phosphoric ester groups is 1. The van der Waals surface area contributed by atoms with Gasteiger partial charge in [-0.2, -0.15) is 0 Å². The molecule has 2 unspecified atom stereocenters. The fourth-order valence-corrected chi connectivity index (χ4v) is 4.60. The van der Waals surface area contributed by atoms with Gasteiger partial charge in [0.05, 0.1) is 12.9 Å². The Hall–Kier alpha value is -1.62. The highest BCUT2D eigenvalue weighted by Crippen LogP contribution is 2.53. The Bertz CT molecular complexity index is 910. The highest BCUT2D eigenvalue weighted by atomic mass is 31.2. The van der Waals surface area contributed by atoms with Crippen LogP contribution >= 0.6 is 7.82 Å². The van der Waals surface area contributed by atoms with E-state index in [9.17, 15) is 9.46 Å². The molecule has 2 aliphatic heterocycles. The van der Waals surface area contributed by atoms with Crippen LogP contribution < -0.4 is 5.32 Å². The summed E-state index contributed by atoms with van der Waals surface area (Å²) in [6.07, 6.45) is 4.53. The number of nitrogens with zero attached hydrogens (tertiary/aromatic N) is 4. The Kier molecular flexibility index (Phi) is 6.66. The number of anilines is 1. The molecule has 11 nitrogen and oxygen atoms in total. The van der Waals surface area contributed by atoms with Gasteiger partial charge in [-0.05, 0) is 12.8 Å². The van der Waals surface area contributed by atoms with Crippen LogP contribution in [-0.2, 0) is 23.1 Å². The monoisotopic (exact) mass is 441 g/mol. The van der Waals surface area contributed by atoms with Gasteiger partial charge < -0.3 is 19.7 Å². The minimum Gasteiger partial charge on any atom is -0.371 e. The third-order valence-electron chi connectivity index (χ3n) is 5.21. The number of phosphoric acid groups is 1. The van der Waals surface area contributed by atoms with Crippen molar-refractivity contribution in [2.24, 2.45) is 0 Å². The van der Waals surface area contributed by atoms with Crippen LogP contribution in [0.1, 0.15) is 45.8 Å². The average Bonchev–Trinajstić information content (AvgIpc) is 3.29. The van der Waals surface area contributed by atoms with Crippen molar-refractivity contribution in [3.63, 3.8) is 0 Å². The Labute approximate surface area is 174 Å². The molecule has 166 valence electrons. The highest BCUT2D eigenvalue weighted by molar-refractivity contribution is 7.47. The van der Waals surface area contributed by atoms with E-state index >= 15 is 0 Å². The van der Waals surface area contributed by atoms with E-state index in [0.717, 1.165) is 32.2 Å². The summed E-state index contributed by atoms with van der Waals surface area (Å²) in [6, 6.07) is 0. The Morgan fingerprint density at radius 3 is 2.93 bits per heavy atom. The first-order valence-electron chi connectivity index (χ1n) is 10.4. The van der Waals surface area contributed by atoms with Crippen LogP contribution in [0.2, 0.25) is 0 Å². The van der Waals surface area contributed by atoms with E-state index < -0.39 is 32.4 Å². The molecule has 4 heterocycles. The average molecular weight is 441 g/mol. The molecule has 2 fully saturated rings. The van der Waals surface area contributed by atoms with Crippen LogP contribution in [0.4, 0.5) is 5.82 Å². The quantitative estimate of drug-likeness (QED) is 0.442. The molecule has 2 saturated heterocycles. The molecular formula is C18H28N5O6P. The smallest absolute Gasteiger partial charge is 0.371 e. The largest absolute Gasteiger partial charge is 0.472 e. The second-order valence-electron chi connectivity index (χ2n) is 7.42. The summed E-state index contributed by atoms with van der Waals surface area (Å²) in [5.41, 5.74) is 1.22. The van der Waals surface area contributed by atoms with Crippen molar-refractivity contribution in [1.82, 2.24) is 19.5 Å². The number of rotatable bonds is 9. The number of aromatic nitrogens is 4. The van der Waals surface area contributed by atoms with Crippen LogP contribution in [0.15, 0.2) is 12.7 Å². The fraction of sp³-hybridized carbons (Fsp3) is 0.722. The second-order valence-corrected chi connectivity index (χ2v) is 8.82. The summed E-state index contributed by atoms with van der Waals surface area (Å²) >= 11 is 0. The molecule has 0 aliphatic carbocycles. The van der Waals surface area contributed by atoms with Gasteiger partial charge in [-0.3, -0.25) is 13.6 Å². The lowest BCUT2D eigenvalue weighted by atomic mass is 10.1. The first-order valence-corrected chi connectivity index (χ1v) is 11.9. The van der Waals surface area contributed by atoms with E-state index in [2.05, 4.69) is 34.1 Å². The van der Waals surface area contributed by atoms with Crippen LogP contribution in [0.25, 0.3) is 11.2 Å². The topological polar surface area (TPSA) is 130 Å². The fourth-order valence-electron chi connectivity index (χ4n) is 3.64. The van der Waals surface area contributed by atoms with Gasteiger partial charge in [0.15, 0.2) is 23.2 Å². The predicted molar refractivity (Wildman–Crippen MR) is 108 cm³/mol. The van der Waals surface area contributed by atoms with E-state index in [1.807, 2.05) is 0 Å². The summed E-state index contributed by atoms with van der Waals surface area (Å²) in [5.74, 6) is 0.658. The third-order valence-corrected chi connectivity index (χ3v) is 6.19. The second kappa shape index (κ2) is 9.25. The number of hydrogen-bond donors (Lipinski definition) is 2. The molecule has 2 aromatic heterocycles. The van der Waals surface area contributed by atoms with Gasteiger partial charge >= 0.3 is 7.82 Å². The van der Waals surface area contributed by atoms with Gasteiger partial charge in [0, 0.05) is 13.2 Å². The maximum atomic E-state index is 12.0. The van der Waals surface area contributed by atoms with Crippen molar-refractivity contribution >= 4 is 24.8 Å². The van der Waals surface area contributed by atoms with Crippen molar-refractivity contribution in [3.8, 4) is 0 Å². The molecule has 4 rings (SSSR count). The highest BCUT2D eigenvalue weighted by Gasteiger charge is 2.53. The van der Waals surface area contributed by atoms with Gasteiger partial charge in [0.1, 0.15) is 24.6 Å². The molecule has 5 atom stereocenters. The van der Waals surface area contributed by atoms with Crippen LogP contribution in [0.3, 0.4) is 0 Å². The summed E-state index contributed by atoms with van der Waals surface area (Å²) < 4.78 is 36.2. The van der Waals surface area contributed by atoms with Crippen molar-refractivity contribution < 1.29 is 28.0 Å². The Morgan fingerprint density at radius 1 is 1.30 bits per heavy atom. The molecule has 0 spiro atoms. The minimum absolute atomic E-state index is 0.0476. The normalized spacial score (nSPS) is 31.2. The summed E-state index contributed by atoms with van der Waals surface area (Å²) in [7, 11) is -4.13. The zero-order valence-electron chi connectivity index (χ0n) is 17.1. The molecular weight excluding hydrogens is 413 g/mol. The van der Waals surface area contributed by atoms with Crippen molar-refractivity contribution in [3.05, 3.63) is 12.7 Å². The van der Waals surface area contributed by atoms with E-state index in [4.69, 9.17) is 18.5 Å². The Balaban J connectivity index is 1.63. The minimum atomic E-state index is -4.13. The molecule has 0 radical (unpaired) electrons. The van der Waals surface area contributed by atoms with Crippen LogP contribution in [0.5, 0.6) is 0 Å². The van der Waals surface area contributed by atoms with Gasteiger partial charge in [-0.1, -0.05) is 26.7 Å². The summed E-state index contributed by atoms with van der Waals surface area (Å²) in [4.78, 5) is 23.0. The zero-order valence-corrected chi connectivity index (χ0v) is 18.0. The molecule has 0 bridgehead atoms. The van der Waals surface area contributed by atoms with Gasteiger partial charge in [-0.25, -0.2) is 19.5 Å². The maximum Gasteiger partial charge on any atom is 0.472 e. The molecule has 0 saturated carbocycles.